The van der Waals surface area contributed by atoms with Crippen LogP contribution < -0.4 is 5.32 Å². The molecule has 5 nitrogen and oxygen atoms in total. The predicted molar refractivity (Wildman–Crippen MR) is 98.2 cm³/mol. The number of benzene rings is 1. The van der Waals surface area contributed by atoms with Crippen molar-refractivity contribution in [1.29, 1.82) is 0 Å². The molecule has 2 aliphatic rings. The van der Waals surface area contributed by atoms with Gasteiger partial charge in [-0.3, -0.25) is 4.79 Å². The summed E-state index contributed by atoms with van der Waals surface area (Å²) >= 11 is 3.14. The number of rotatable bonds is 7. The molecular formula is C19H25BrFNO4. The minimum Gasteiger partial charge on any atom is -0.381 e. The quantitative estimate of drug-likeness (QED) is 0.676. The standard InChI is InChI=1S/C19H25BrFNO4/c20-15-12-14(2-3-16(15)21)13-17(23)22-7-1-4-19(5-8-24-9-6-19)18-25-10-11-26-18/h2-3,12,18H,1,4-11,13H2,(H,22,23). The SMILES string of the molecule is O=C(Cc1ccc(F)c(Br)c1)NCCCC1(C2OCCO2)CCOCC1. The zero-order valence-corrected chi connectivity index (χ0v) is 16.4. The van der Waals surface area contributed by atoms with E-state index < -0.39 is 0 Å². The van der Waals surface area contributed by atoms with Crippen LogP contribution in [0.25, 0.3) is 0 Å². The van der Waals surface area contributed by atoms with E-state index in [1.165, 1.54) is 6.07 Å². The van der Waals surface area contributed by atoms with Crippen LogP contribution in [-0.4, -0.2) is 45.2 Å². The highest BCUT2D eigenvalue weighted by molar-refractivity contribution is 9.10. The smallest absolute Gasteiger partial charge is 0.224 e. The highest BCUT2D eigenvalue weighted by atomic mass is 79.9. The van der Waals surface area contributed by atoms with E-state index in [1.807, 2.05) is 0 Å². The molecule has 1 amide bonds. The molecule has 0 atom stereocenters. The van der Waals surface area contributed by atoms with Crippen LogP contribution in [0.3, 0.4) is 0 Å². The van der Waals surface area contributed by atoms with Gasteiger partial charge in [-0.1, -0.05) is 6.07 Å². The highest BCUT2D eigenvalue weighted by Crippen LogP contribution is 2.42. The van der Waals surface area contributed by atoms with E-state index >= 15 is 0 Å². The first kappa shape index (κ1) is 19.7. The van der Waals surface area contributed by atoms with Gasteiger partial charge in [-0.25, -0.2) is 4.39 Å². The normalized spacial score (nSPS) is 20.2. The first-order valence-corrected chi connectivity index (χ1v) is 9.90. The minimum atomic E-state index is -0.327. The zero-order chi connectivity index (χ0) is 18.4. The molecule has 0 unspecified atom stereocenters. The molecule has 26 heavy (non-hydrogen) atoms. The number of ether oxygens (including phenoxy) is 3. The summed E-state index contributed by atoms with van der Waals surface area (Å²) in [6.45, 7) is 3.37. The van der Waals surface area contributed by atoms with Crippen molar-refractivity contribution in [2.45, 2.75) is 38.4 Å². The predicted octanol–water partition coefficient (Wildman–Crippen LogP) is 3.20. The molecule has 0 saturated carbocycles. The molecule has 1 aromatic rings. The second-order valence-electron chi connectivity index (χ2n) is 6.93. The van der Waals surface area contributed by atoms with E-state index in [-0.39, 0.29) is 29.9 Å². The molecule has 3 rings (SSSR count). The molecule has 0 spiro atoms. The van der Waals surface area contributed by atoms with Gasteiger partial charge in [0.15, 0.2) is 6.29 Å². The number of amides is 1. The molecule has 0 aliphatic carbocycles. The van der Waals surface area contributed by atoms with E-state index in [1.54, 1.807) is 12.1 Å². The summed E-state index contributed by atoms with van der Waals surface area (Å²) in [4.78, 5) is 12.1. The lowest BCUT2D eigenvalue weighted by atomic mass is 9.75. The van der Waals surface area contributed by atoms with E-state index in [9.17, 15) is 9.18 Å². The maximum absolute atomic E-state index is 13.2. The number of nitrogens with one attached hydrogen (secondary N) is 1. The van der Waals surface area contributed by atoms with Crippen molar-refractivity contribution in [2.75, 3.05) is 33.0 Å². The van der Waals surface area contributed by atoms with E-state index in [4.69, 9.17) is 14.2 Å². The number of hydrogen-bond acceptors (Lipinski definition) is 4. The van der Waals surface area contributed by atoms with Crippen molar-refractivity contribution in [1.82, 2.24) is 5.32 Å². The second kappa shape index (κ2) is 9.26. The van der Waals surface area contributed by atoms with Crippen LogP contribution in [0.4, 0.5) is 4.39 Å². The average molecular weight is 430 g/mol. The molecule has 1 aromatic carbocycles. The molecule has 2 fully saturated rings. The lowest BCUT2D eigenvalue weighted by Crippen LogP contribution is -2.41. The lowest BCUT2D eigenvalue weighted by molar-refractivity contribution is -0.168. The van der Waals surface area contributed by atoms with Crippen LogP contribution >= 0.6 is 15.9 Å². The fourth-order valence-electron chi connectivity index (χ4n) is 3.66. The van der Waals surface area contributed by atoms with Crippen LogP contribution in [0.5, 0.6) is 0 Å². The number of halogens is 2. The molecule has 2 heterocycles. The van der Waals surface area contributed by atoms with Gasteiger partial charge in [0, 0.05) is 25.2 Å². The first-order chi connectivity index (χ1) is 12.6. The fraction of sp³-hybridized carbons (Fsp3) is 0.632. The van der Waals surface area contributed by atoms with E-state index in [0.29, 0.717) is 24.2 Å². The van der Waals surface area contributed by atoms with Crippen LogP contribution in [0.1, 0.15) is 31.2 Å². The van der Waals surface area contributed by atoms with Gasteiger partial charge in [-0.05, 0) is 59.3 Å². The van der Waals surface area contributed by atoms with Gasteiger partial charge in [0.25, 0.3) is 0 Å². The number of hydrogen-bond donors (Lipinski definition) is 1. The van der Waals surface area contributed by atoms with Gasteiger partial charge in [0.1, 0.15) is 5.82 Å². The number of carbonyl (C=O) groups excluding carboxylic acids is 1. The Morgan fingerprint density at radius 2 is 1.96 bits per heavy atom. The Morgan fingerprint density at radius 1 is 1.23 bits per heavy atom. The Balaban J connectivity index is 1.44. The summed E-state index contributed by atoms with van der Waals surface area (Å²) in [7, 11) is 0. The van der Waals surface area contributed by atoms with Crippen LogP contribution in [0, 0.1) is 11.2 Å². The van der Waals surface area contributed by atoms with E-state index in [2.05, 4.69) is 21.2 Å². The van der Waals surface area contributed by atoms with Gasteiger partial charge in [0.05, 0.1) is 24.1 Å². The Bertz CT molecular complexity index is 616. The summed E-state index contributed by atoms with van der Waals surface area (Å²) < 4.78 is 30.7. The van der Waals surface area contributed by atoms with Crippen molar-refractivity contribution in [2.24, 2.45) is 5.41 Å². The van der Waals surface area contributed by atoms with Crippen molar-refractivity contribution < 1.29 is 23.4 Å². The number of carbonyl (C=O) groups is 1. The van der Waals surface area contributed by atoms with E-state index in [0.717, 1.165) is 44.5 Å². The van der Waals surface area contributed by atoms with Crippen LogP contribution in [-0.2, 0) is 25.4 Å². The lowest BCUT2D eigenvalue weighted by Gasteiger charge is -2.40. The Labute approximate surface area is 161 Å². The minimum absolute atomic E-state index is 0.0126. The molecule has 0 bridgehead atoms. The van der Waals surface area contributed by atoms with Gasteiger partial charge < -0.3 is 19.5 Å². The van der Waals surface area contributed by atoms with Gasteiger partial charge in [-0.2, -0.15) is 0 Å². The summed E-state index contributed by atoms with van der Waals surface area (Å²) in [5.41, 5.74) is 0.769. The average Bonchev–Trinajstić information content (AvgIpc) is 3.18. The second-order valence-corrected chi connectivity index (χ2v) is 7.78. The third kappa shape index (κ3) is 5.03. The maximum atomic E-state index is 13.2. The third-order valence-electron chi connectivity index (χ3n) is 5.13. The molecule has 2 aliphatic heterocycles. The molecular weight excluding hydrogens is 405 g/mol. The van der Waals surface area contributed by atoms with Crippen LogP contribution in [0.15, 0.2) is 22.7 Å². The molecule has 2 saturated heterocycles. The first-order valence-electron chi connectivity index (χ1n) is 9.11. The van der Waals surface area contributed by atoms with Crippen molar-refractivity contribution in [3.8, 4) is 0 Å². The summed E-state index contributed by atoms with van der Waals surface area (Å²) in [6, 6.07) is 4.63. The largest absolute Gasteiger partial charge is 0.381 e. The van der Waals surface area contributed by atoms with Gasteiger partial charge in [0.2, 0.25) is 5.91 Å². The van der Waals surface area contributed by atoms with Gasteiger partial charge >= 0.3 is 0 Å². The third-order valence-corrected chi connectivity index (χ3v) is 5.74. The summed E-state index contributed by atoms with van der Waals surface area (Å²) in [6.07, 6.45) is 3.74. The zero-order valence-electron chi connectivity index (χ0n) is 14.8. The highest BCUT2D eigenvalue weighted by Gasteiger charge is 2.43. The summed E-state index contributed by atoms with van der Waals surface area (Å²) in [5, 5.41) is 2.95. The Kier molecular flexibility index (Phi) is 7.03. The topological polar surface area (TPSA) is 56.8 Å². The molecule has 0 radical (unpaired) electrons. The fourth-order valence-corrected chi connectivity index (χ4v) is 4.09. The van der Waals surface area contributed by atoms with Crippen molar-refractivity contribution in [3.63, 3.8) is 0 Å². The Hall–Kier alpha value is -1.02. The molecule has 7 heteroatoms. The molecule has 144 valence electrons. The van der Waals surface area contributed by atoms with Crippen molar-refractivity contribution in [3.05, 3.63) is 34.1 Å². The maximum Gasteiger partial charge on any atom is 0.224 e. The Morgan fingerprint density at radius 3 is 2.65 bits per heavy atom. The van der Waals surface area contributed by atoms with Crippen LogP contribution in [0.2, 0.25) is 0 Å². The molecule has 1 N–H and O–H groups in total. The summed E-state index contributed by atoms with van der Waals surface area (Å²) in [5.74, 6) is -0.384. The van der Waals surface area contributed by atoms with Gasteiger partial charge in [-0.15, -0.1) is 0 Å². The van der Waals surface area contributed by atoms with Crippen molar-refractivity contribution >= 4 is 21.8 Å². The molecule has 0 aromatic heterocycles. The monoisotopic (exact) mass is 429 g/mol.